The van der Waals surface area contributed by atoms with Gasteiger partial charge in [-0.2, -0.15) is 5.10 Å². The van der Waals surface area contributed by atoms with Crippen LogP contribution < -0.4 is 11.0 Å². The van der Waals surface area contributed by atoms with Crippen molar-refractivity contribution in [3.05, 3.63) is 21.6 Å². The fourth-order valence-corrected chi connectivity index (χ4v) is 1.80. The summed E-state index contributed by atoms with van der Waals surface area (Å²) in [6, 6.07) is 0. The quantitative estimate of drug-likeness (QED) is 0.859. The Kier molecular flexibility index (Phi) is 3.98. The molecule has 1 aromatic heterocycles. The number of ether oxygens (including phenoxy) is 1. The molecule has 2 heterocycles. The van der Waals surface area contributed by atoms with Gasteiger partial charge in [-0.1, -0.05) is 11.6 Å². The van der Waals surface area contributed by atoms with Crippen LogP contribution in [-0.2, 0) is 11.3 Å². The lowest BCUT2D eigenvalue weighted by Gasteiger charge is -2.28. The first kappa shape index (κ1) is 12.3. The van der Waals surface area contributed by atoms with Gasteiger partial charge in [-0.15, -0.1) is 0 Å². The highest BCUT2D eigenvalue weighted by Crippen LogP contribution is 2.16. The van der Waals surface area contributed by atoms with Crippen LogP contribution in [0.5, 0.6) is 0 Å². The molecule has 0 amide bonds. The predicted octanol–water partition coefficient (Wildman–Crippen LogP) is 0.576. The lowest BCUT2D eigenvalue weighted by atomic mass is 10.4. The molecule has 0 bridgehead atoms. The lowest BCUT2D eigenvalue weighted by molar-refractivity contribution is 0.0496. The van der Waals surface area contributed by atoms with Crippen LogP contribution in [0.2, 0.25) is 5.02 Å². The molecule has 2 rings (SSSR count). The van der Waals surface area contributed by atoms with E-state index >= 15 is 0 Å². The Morgan fingerprint density at radius 3 is 2.88 bits per heavy atom. The molecule has 0 atom stereocenters. The third-order valence-corrected chi connectivity index (χ3v) is 2.94. The highest BCUT2D eigenvalue weighted by molar-refractivity contribution is 6.32. The zero-order valence-electron chi connectivity index (χ0n) is 9.65. The number of nitrogens with zero attached hydrogens (tertiary/aromatic N) is 3. The van der Waals surface area contributed by atoms with Gasteiger partial charge >= 0.3 is 0 Å². The Balaban J connectivity index is 2.15. The first-order chi connectivity index (χ1) is 8.22. The average Bonchev–Trinajstić information content (AvgIpc) is 2.37. The standard InChI is InChI=1S/C10H15ClN4O2/c1-2-15-10(16)9(11)8(7-12-15)13-14-3-5-17-6-4-14/h7,13H,2-6H2,1H3. The monoisotopic (exact) mass is 258 g/mol. The number of hydrogen-bond donors (Lipinski definition) is 1. The van der Waals surface area contributed by atoms with E-state index in [9.17, 15) is 4.79 Å². The Hall–Kier alpha value is -1.11. The van der Waals surface area contributed by atoms with E-state index < -0.39 is 0 Å². The molecule has 0 radical (unpaired) electrons. The Labute approximate surface area is 104 Å². The highest BCUT2D eigenvalue weighted by Gasteiger charge is 2.14. The molecule has 1 N–H and O–H groups in total. The van der Waals surface area contributed by atoms with Gasteiger partial charge in [-0.05, 0) is 6.92 Å². The normalized spacial score (nSPS) is 17.1. The number of anilines is 1. The summed E-state index contributed by atoms with van der Waals surface area (Å²) in [7, 11) is 0. The number of aryl methyl sites for hydroxylation is 1. The van der Waals surface area contributed by atoms with Gasteiger partial charge in [-0.3, -0.25) is 4.79 Å². The summed E-state index contributed by atoms with van der Waals surface area (Å²) in [6.45, 7) is 5.21. The second-order valence-corrected chi connectivity index (χ2v) is 4.08. The van der Waals surface area contributed by atoms with Crippen LogP contribution in [0.15, 0.2) is 11.0 Å². The lowest BCUT2D eigenvalue weighted by Crippen LogP contribution is -2.40. The van der Waals surface area contributed by atoms with Gasteiger partial charge in [0.1, 0.15) is 5.02 Å². The Bertz CT molecular complexity index is 442. The van der Waals surface area contributed by atoms with Crippen molar-refractivity contribution in [3.63, 3.8) is 0 Å². The molecule has 7 heteroatoms. The van der Waals surface area contributed by atoms with E-state index in [4.69, 9.17) is 16.3 Å². The van der Waals surface area contributed by atoms with Gasteiger partial charge in [-0.25, -0.2) is 9.69 Å². The summed E-state index contributed by atoms with van der Waals surface area (Å²) in [5.74, 6) is 0. The van der Waals surface area contributed by atoms with Crippen LogP contribution in [-0.4, -0.2) is 41.1 Å². The third kappa shape index (κ3) is 2.77. The van der Waals surface area contributed by atoms with Crippen molar-refractivity contribution < 1.29 is 4.74 Å². The number of halogens is 1. The molecule has 1 aliphatic heterocycles. The zero-order valence-corrected chi connectivity index (χ0v) is 10.4. The average molecular weight is 259 g/mol. The van der Waals surface area contributed by atoms with Crippen molar-refractivity contribution in [1.82, 2.24) is 14.8 Å². The van der Waals surface area contributed by atoms with Crippen LogP contribution in [0.3, 0.4) is 0 Å². The van der Waals surface area contributed by atoms with Gasteiger partial charge < -0.3 is 10.2 Å². The van der Waals surface area contributed by atoms with Crippen molar-refractivity contribution in [2.24, 2.45) is 0 Å². The van der Waals surface area contributed by atoms with Crippen LogP contribution in [0, 0.1) is 0 Å². The molecule has 17 heavy (non-hydrogen) atoms. The first-order valence-electron chi connectivity index (χ1n) is 5.57. The third-order valence-electron chi connectivity index (χ3n) is 2.57. The molecule has 0 aliphatic carbocycles. The molecular weight excluding hydrogens is 244 g/mol. The SMILES string of the molecule is CCn1ncc(NN2CCOCC2)c(Cl)c1=O. The highest BCUT2D eigenvalue weighted by atomic mass is 35.5. The minimum Gasteiger partial charge on any atom is -0.379 e. The van der Waals surface area contributed by atoms with Gasteiger partial charge in [0.05, 0.1) is 25.1 Å². The van der Waals surface area contributed by atoms with E-state index in [1.807, 2.05) is 11.9 Å². The fraction of sp³-hybridized carbons (Fsp3) is 0.600. The minimum absolute atomic E-state index is 0.174. The van der Waals surface area contributed by atoms with Gasteiger partial charge in [0.15, 0.2) is 0 Å². The van der Waals surface area contributed by atoms with Gasteiger partial charge in [0.2, 0.25) is 0 Å². The second kappa shape index (κ2) is 5.48. The van der Waals surface area contributed by atoms with Crippen LogP contribution in [0.1, 0.15) is 6.92 Å². The maximum atomic E-state index is 11.7. The predicted molar refractivity (Wildman–Crippen MR) is 65.2 cm³/mol. The van der Waals surface area contributed by atoms with Gasteiger partial charge in [0, 0.05) is 19.6 Å². The summed E-state index contributed by atoms with van der Waals surface area (Å²) >= 11 is 6.00. The fourth-order valence-electron chi connectivity index (χ4n) is 1.61. The first-order valence-corrected chi connectivity index (χ1v) is 5.95. The molecule has 94 valence electrons. The molecular formula is C10H15ClN4O2. The molecule has 0 unspecified atom stereocenters. The Morgan fingerprint density at radius 1 is 1.53 bits per heavy atom. The minimum atomic E-state index is -0.271. The number of aromatic nitrogens is 2. The van der Waals surface area contributed by atoms with Crippen molar-refractivity contribution in [1.29, 1.82) is 0 Å². The molecule has 1 fully saturated rings. The molecule has 1 aromatic rings. The maximum Gasteiger partial charge on any atom is 0.287 e. The number of hydrazine groups is 1. The smallest absolute Gasteiger partial charge is 0.287 e. The molecule has 0 saturated carbocycles. The number of rotatable bonds is 3. The summed E-state index contributed by atoms with van der Waals surface area (Å²) in [5, 5.41) is 6.16. The van der Waals surface area contributed by atoms with Crippen LogP contribution in [0.25, 0.3) is 0 Å². The van der Waals surface area contributed by atoms with E-state index in [1.54, 1.807) is 6.20 Å². The summed E-state index contributed by atoms with van der Waals surface area (Å²) in [6.07, 6.45) is 1.57. The van der Waals surface area contributed by atoms with Crippen LogP contribution in [0.4, 0.5) is 5.69 Å². The Morgan fingerprint density at radius 2 is 2.24 bits per heavy atom. The van der Waals surface area contributed by atoms with E-state index in [0.717, 1.165) is 13.1 Å². The maximum absolute atomic E-state index is 11.7. The van der Waals surface area contributed by atoms with Crippen molar-refractivity contribution in [2.45, 2.75) is 13.5 Å². The number of hydrogen-bond acceptors (Lipinski definition) is 5. The van der Waals surface area contributed by atoms with Gasteiger partial charge in [0.25, 0.3) is 5.56 Å². The summed E-state index contributed by atoms with van der Waals surface area (Å²) in [4.78, 5) is 11.7. The largest absolute Gasteiger partial charge is 0.379 e. The zero-order chi connectivity index (χ0) is 12.3. The molecule has 1 aliphatic rings. The summed E-state index contributed by atoms with van der Waals surface area (Å²) in [5.41, 5.74) is 3.36. The van der Waals surface area contributed by atoms with E-state index in [1.165, 1.54) is 4.68 Å². The van der Waals surface area contributed by atoms with Crippen LogP contribution >= 0.6 is 11.6 Å². The van der Waals surface area contributed by atoms with E-state index in [2.05, 4.69) is 10.5 Å². The second-order valence-electron chi connectivity index (χ2n) is 3.70. The molecule has 1 saturated heterocycles. The molecule has 0 spiro atoms. The van der Waals surface area contributed by atoms with E-state index in [-0.39, 0.29) is 10.6 Å². The number of nitrogens with one attached hydrogen (secondary N) is 1. The van der Waals surface area contributed by atoms with E-state index in [0.29, 0.717) is 25.4 Å². The number of morpholine rings is 1. The molecule has 0 aromatic carbocycles. The topological polar surface area (TPSA) is 59.4 Å². The van der Waals surface area contributed by atoms with Crippen molar-refractivity contribution >= 4 is 17.3 Å². The summed E-state index contributed by atoms with van der Waals surface area (Å²) < 4.78 is 6.56. The molecule has 6 nitrogen and oxygen atoms in total. The van der Waals surface area contributed by atoms with Crippen molar-refractivity contribution in [3.8, 4) is 0 Å². The van der Waals surface area contributed by atoms with Crippen molar-refractivity contribution in [2.75, 3.05) is 31.7 Å².